The van der Waals surface area contributed by atoms with Crippen LogP contribution in [-0.4, -0.2) is 11.1 Å². The molecule has 0 amide bonds. The zero-order valence-corrected chi connectivity index (χ0v) is 10.3. The summed E-state index contributed by atoms with van der Waals surface area (Å²) >= 11 is 5.47. The number of nitrogens with zero attached hydrogens (tertiary/aromatic N) is 1. The monoisotopic (exact) mass is 233 g/mol. The minimum absolute atomic E-state index is 0.0204. The molecule has 0 fully saturated rings. The first kappa shape index (κ1) is 14.2. The molecule has 0 bridgehead atoms. The van der Waals surface area contributed by atoms with E-state index < -0.39 is 5.82 Å². The van der Waals surface area contributed by atoms with E-state index in [4.69, 9.17) is 16.3 Å². The van der Waals surface area contributed by atoms with Crippen LogP contribution in [0, 0.1) is 5.82 Å². The summed E-state index contributed by atoms with van der Waals surface area (Å²) < 4.78 is 18.5. The van der Waals surface area contributed by atoms with Crippen LogP contribution >= 0.6 is 11.6 Å². The van der Waals surface area contributed by atoms with Crippen LogP contribution in [0.3, 0.4) is 0 Å². The summed E-state index contributed by atoms with van der Waals surface area (Å²) in [5.41, 5.74) is 0. The van der Waals surface area contributed by atoms with E-state index in [0.29, 0.717) is 0 Å². The Kier molecular flexibility index (Phi) is 7.05. The first-order valence-corrected chi connectivity index (χ1v) is 5.49. The summed E-state index contributed by atoms with van der Waals surface area (Å²) in [4.78, 5) is 3.58. The number of pyridine rings is 1. The maximum atomic E-state index is 13.2. The molecule has 0 aliphatic rings. The normalized spacial score (nSPS) is 11.3. The van der Waals surface area contributed by atoms with Gasteiger partial charge in [0.05, 0.1) is 6.10 Å². The van der Waals surface area contributed by atoms with Gasteiger partial charge in [-0.2, -0.15) is 4.39 Å². The highest BCUT2D eigenvalue weighted by molar-refractivity contribution is 6.29. The number of hydrogen-bond donors (Lipinski definition) is 0. The standard InChI is InChI=1S/C9H11ClFNO.C2H6/c1-3-6(2)13-7-4-5-12-9(10)8(7)11;1-2/h4-6H,3H2,1-2H3;1-2H3. The third-order valence-electron chi connectivity index (χ3n) is 1.71. The third-order valence-corrected chi connectivity index (χ3v) is 1.98. The van der Waals surface area contributed by atoms with Crippen molar-refractivity contribution in [2.24, 2.45) is 0 Å². The van der Waals surface area contributed by atoms with Crippen molar-refractivity contribution in [3.05, 3.63) is 23.2 Å². The van der Waals surface area contributed by atoms with Gasteiger partial charge >= 0.3 is 0 Å². The van der Waals surface area contributed by atoms with E-state index in [2.05, 4.69) is 4.98 Å². The fraction of sp³-hybridized carbons (Fsp3) is 0.545. The summed E-state index contributed by atoms with van der Waals surface area (Å²) in [6.07, 6.45) is 2.22. The van der Waals surface area contributed by atoms with Gasteiger partial charge in [0.1, 0.15) is 0 Å². The summed E-state index contributed by atoms with van der Waals surface area (Å²) in [6, 6.07) is 1.47. The average molecular weight is 234 g/mol. The van der Waals surface area contributed by atoms with Crippen LogP contribution in [0.15, 0.2) is 12.3 Å². The zero-order valence-electron chi connectivity index (χ0n) is 9.55. The van der Waals surface area contributed by atoms with Crippen molar-refractivity contribution in [1.82, 2.24) is 4.98 Å². The van der Waals surface area contributed by atoms with Gasteiger partial charge in [-0.05, 0) is 13.3 Å². The molecule has 2 nitrogen and oxygen atoms in total. The Balaban J connectivity index is 0.000000921. The minimum atomic E-state index is -0.593. The number of hydrogen-bond acceptors (Lipinski definition) is 2. The lowest BCUT2D eigenvalue weighted by molar-refractivity contribution is 0.207. The molecule has 4 heteroatoms. The van der Waals surface area contributed by atoms with Crippen molar-refractivity contribution in [2.75, 3.05) is 0 Å². The lowest BCUT2D eigenvalue weighted by Crippen LogP contribution is -2.10. The van der Waals surface area contributed by atoms with E-state index in [1.165, 1.54) is 12.3 Å². The van der Waals surface area contributed by atoms with Crippen LogP contribution in [0.5, 0.6) is 5.75 Å². The highest BCUT2D eigenvalue weighted by Crippen LogP contribution is 2.23. The quantitative estimate of drug-likeness (QED) is 0.734. The third kappa shape index (κ3) is 4.47. The number of rotatable bonds is 3. The highest BCUT2D eigenvalue weighted by Gasteiger charge is 2.10. The van der Waals surface area contributed by atoms with Gasteiger partial charge in [0.25, 0.3) is 0 Å². The van der Waals surface area contributed by atoms with Crippen molar-refractivity contribution in [2.45, 2.75) is 40.2 Å². The van der Waals surface area contributed by atoms with Gasteiger partial charge in [0.2, 0.25) is 5.82 Å². The molecule has 1 atom stereocenters. The second kappa shape index (κ2) is 7.46. The van der Waals surface area contributed by atoms with Gasteiger partial charge in [-0.15, -0.1) is 0 Å². The van der Waals surface area contributed by atoms with Crippen molar-refractivity contribution in [3.63, 3.8) is 0 Å². The second-order valence-corrected chi connectivity index (χ2v) is 3.11. The van der Waals surface area contributed by atoms with Gasteiger partial charge in [0.15, 0.2) is 10.9 Å². The van der Waals surface area contributed by atoms with Crippen molar-refractivity contribution in [1.29, 1.82) is 0 Å². The van der Waals surface area contributed by atoms with Crippen molar-refractivity contribution >= 4 is 11.6 Å². The second-order valence-electron chi connectivity index (χ2n) is 2.75. The molecular weight excluding hydrogens is 217 g/mol. The molecular formula is C11H17ClFNO. The molecule has 1 heterocycles. The molecule has 0 saturated heterocycles. The summed E-state index contributed by atoms with van der Waals surface area (Å²) in [5.74, 6) is -0.432. The van der Waals surface area contributed by atoms with E-state index in [0.717, 1.165) is 6.42 Å². The van der Waals surface area contributed by atoms with Gasteiger partial charge in [-0.25, -0.2) is 4.98 Å². The lowest BCUT2D eigenvalue weighted by Gasteiger charge is -2.12. The Morgan fingerprint density at radius 2 is 2.13 bits per heavy atom. The van der Waals surface area contributed by atoms with E-state index in [9.17, 15) is 4.39 Å². The highest BCUT2D eigenvalue weighted by atomic mass is 35.5. The molecule has 1 unspecified atom stereocenters. The fourth-order valence-electron chi connectivity index (χ4n) is 0.793. The van der Waals surface area contributed by atoms with Crippen LogP contribution in [0.4, 0.5) is 4.39 Å². The Morgan fingerprint density at radius 3 is 2.67 bits per heavy atom. The summed E-state index contributed by atoms with van der Waals surface area (Å²) in [6.45, 7) is 7.83. The van der Waals surface area contributed by atoms with Gasteiger partial charge in [-0.3, -0.25) is 0 Å². The molecule has 1 aromatic heterocycles. The van der Waals surface area contributed by atoms with Crippen molar-refractivity contribution in [3.8, 4) is 5.75 Å². The molecule has 0 saturated carbocycles. The fourth-order valence-corrected chi connectivity index (χ4v) is 0.942. The predicted octanol–water partition coefficient (Wildman–Crippen LogP) is 4.08. The number of aromatic nitrogens is 1. The lowest BCUT2D eigenvalue weighted by atomic mass is 10.3. The van der Waals surface area contributed by atoms with Gasteiger partial charge in [-0.1, -0.05) is 32.4 Å². The SMILES string of the molecule is CC.CCC(C)Oc1ccnc(Cl)c1F. The molecule has 1 rings (SSSR count). The average Bonchev–Trinajstić information content (AvgIpc) is 2.27. The number of halogens is 2. The molecule has 0 N–H and O–H groups in total. The first-order chi connectivity index (χ1) is 7.15. The number of ether oxygens (including phenoxy) is 1. The van der Waals surface area contributed by atoms with Crippen LogP contribution < -0.4 is 4.74 Å². The molecule has 0 spiro atoms. The van der Waals surface area contributed by atoms with E-state index >= 15 is 0 Å². The van der Waals surface area contributed by atoms with Crippen LogP contribution in [0.1, 0.15) is 34.1 Å². The Bertz CT molecular complexity index is 294. The summed E-state index contributed by atoms with van der Waals surface area (Å²) in [5, 5.41) is -0.152. The Labute approximate surface area is 95.4 Å². The molecule has 15 heavy (non-hydrogen) atoms. The first-order valence-electron chi connectivity index (χ1n) is 5.11. The Morgan fingerprint density at radius 1 is 1.53 bits per heavy atom. The molecule has 0 aliphatic heterocycles. The van der Waals surface area contributed by atoms with Gasteiger partial charge in [0, 0.05) is 12.3 Å². The molecule has 86 valence electrons. The summed E-state index contributed by atoms with van der Waals surface area (Å²) in [7, 11) is 0. The van der Waals surface area contributed by atoms with E-state index in [1.807, 2.05) is 27.7 Å². The molecule has 1 aromatic rings. The zero-order chi connectivity index (χ0) is 11.8. The Hall–Kier alpha value is -0.830. The van der Waals surface area contributed by atoms with Gasteiger partial charge < -0.3 is 4.74 Å². The van der Waals surface area contributed by atoms with Crippen LogP contribution in [-0.2, 0) is 0 Å². The molecule has 0 aliphatic carbocycles. The smallest absolute Gasteiger partial charge is 0.202 e. The van der Waals surface area contributed by atoms with Crippen LogP contribution in [0.25, 0.3) is 0 Å². The van der Waals surface area contributed by atoms with E-state index in [-0.39, 0.29) is 17.0 Å². The van der Waals surface area contributed by atoms with E-state index in [1.54, 1.807) is 0 Å². The van der Waals surface area contributed by atoms with Crippen LogP contribution in [0.2, 0.25) is 5.15 Å². The largest absolute Gasteiger partial charge is 0.487 e. The molecule has 0 aromatic carbocycles. The topological polar surface area (TPSA) is 22.1 Å². The maximum Gasteiger partial charge on any atom is 0.202 e. The maximum absolute atomic E-state index is 13.2. The minimum Gasteiger partial charge on any atom is -0.487 e. The predicted molar refractivity (Wildman–Crippen MR) is 60.9 cm³/mol. The molecule has 0 radical (unpaired) electrons. The van der Waals surface area contributed by atoms with Crippen molar-refractivity contribution < 1.29 is 9.13 Å².